The molecule has 2 atom stereocenters. The molecule has 2 heterocycles. The van der Waals surface area contributed by atoms with Crippen LogP contribution < -0.4 is 0 Å². The molecule has 5 heteroatoms. The van der Waals surface area contributed by atoms with Crippen LogP contribution in [0.1, 0.15) is 61.6 Å². The minimum atomic E-state index is -0.739. The van der Waals surface area contributed by atoms with E-state index in [1.807, 2.05) is 4.90 Å². The van der Waals surface area contributed by atoms with Gasteiger partial charge < -0.3 is 10.0 Å². The summed E-state index contributed by atoms with van der Waals surface area (Å²) in [5.41, 5.74) is 4.89. The molecular weight excluding hydrogens is 364 g/mol. The normalized spacial score (nSPS) is 24.9. The molecule has 29 heavy (non-hydrogen) atoms. The number of aryl methyl sites for hydroxylation is 1. The monoisotopic (exact) mass is 396 g/mol. The lowest BCUT2D eigenvalue weighted by Crippen LogP contribution is -2.46. The van der Waals surface area contributed by atoms with Crippen molar-refractivity contribution in [3.63, 3.8) is 0 Å². The Kier molecular flexibility index (Phi) is 6.02. The zero-order valence-corrected chi connectivity index (χ0v) is 17.4. The summed E-state index contributed by atoms with van der Waals surface area (Å²) in [7, 11) is 0. The minimum Gasteiger partial charge on any atom is -0.481 e. The first-order chi connectivity index (χ1) is 14.0. The molecule has 1 N–H and O–H groups in total. The number of likely N-dealkylation sites (tertiary alicyclic amines) is 1. The highest BCUT2D eigenvalue weighted by molar-refractivity contribution is 6.03. The van der Waals surface area contributed by atoms with Crippen molar-refractivity contribution in [2.45, 2.75) is 58.3 Å². The molecule has 1 aromatic carbocycles. The molecule has 2 aliphatic heterocycles. The van der Waals surface area contributed by atoms with E-state index < -0.39 is 5.97 Å². The molecule has 5 nitrogen and oxygen atoms in total. The van der Waals surface area contributed by atoms with Gasteiger partial charge in [0, 0.05) is 37.7 Å². The molecule has 3 aliphatic rings. The quantitative estimate of drug-likeness (QED) is 0.822. The van der Waals surface area contributed by atoms with Crippen LogP contribution in [0.4, 0.5) is 0 Å². The Balaban J connectivity index is 1.53. The summed E-state index contributed by atoms with van der Waals surface area (Å²) >= 11 is 0. The Morgan fingerprint density at radius 3 is 2.72 bits per heavy atom. The first-order valence-electron chi connectivity index (χ1n) is 11.1. The van der Waals surface area contributed by atoms with E-state index in [2.05, 4.69) is 25.1 Å². The van der Waals surface area contributed by atoms with E-state index in [0.29, 0.717) is 19.0 Å². The number of amides is 1. The van der Waals surface area contributed by atoms with Crippen molar-refractivity contribution in [1.82, 2.24) is 4.90 Å². The number of piperidine rings is 1. The zero-order chi connectivity index (χ0) is 20.4. The Morgan fingerprint density at radius 1 is 1.17 bits per heavy atom. The molecule has 1 aromatic rings. The average molecular weight is 397 g/mol. The summed E-state index contributed by atoms with van der Waals surface area (Å²) in [5.74, 6) is 0.0102. The van der Waals surface area contributed by atoms with Gasteiger partial charge in [-0.2, -0.15) is 0 Å². The van der Waals surface area contributed by atoms with Crippen molar-refractivity contribution in [3.05, 3.63) is 34.9 Å². The maximum absolute atomic E-state index is 13.0. The first-order valence-corrected chi connectivity index (χ1v) is 11.1. The van der Waals surface area contributed by atoms with Crippen LogP contribution in [0.3, 0.4) is 0 Å². The average Bonchev–Trinajstić information content (AvgIpc) is 3.23. The number of benzene rings is 1. The SMILES string of the molecule is Cc1ccc2c(c1)C(CC1CN(C(=O)C3CCCC3)CCC1CC(=O)O)=NCC2. The summed E-state index contributed by atoms with van der Waals surface area (Å²) in [6.45, 7) is 4.27. The molecule has 2 fully saturated rings. The van der Waals surface area contributed by atoms with Gasteiger partial charge in [0.05, 0.1) is 0 Å². The van der Waals surface area contributed by atoms with Crippen LogP contribution in [0.2, 0.25) is 0 Å². The number of rotatable bonds is 5. The van der Waals surface area contributed by atoms with E-state index in [9.17, 15) is 14.7 Å². The third-order valence-electron chi connectivity index (χ3n) is 7.06. The second kappa shape index (κ2) is 8.68. The van der Waals surface area contributed by atoms with Gasteiger partial charge >= 0.3 is 5.97 Å². The summed E-state index contributed by atoms with van der Waals surface area (Å²) in [6, 6.07) is 6.56. The second-order valence-electron chi connectivity index (χ2n) is 9.12. The topological polar surface area (TPSA) is 70.0 Å². The predicted molar refractivity (Wildman–Crippen MR) is 113 cm³/mol. The Bertz CT molecular complexity index is 810. The number of nitrogens with zero attached hydrogens (tertiary/aromatic N) is 2. The third-order valence-corrected chi connectivity index (χ3v) is 7.06. The van der Waals surface area contributed by atoms with E-state index in [-0.39, 0.29) is 24.2 Å². The maximum atomic E-state index is 13.0. The van der Waals surface area contributed by atoms with Crippen molar-refractivity contribution in [2.24, 2.45) is 22.7 Å². The minimum absolute atomic E-state index is 0.109. The summed E-state index contributed by atoms with van der Waals surface area (Å²) in [4.78, 5) is 31.3. The third kappa shape index (κ3) is 4.54. The molecule has 1 amide bonds. The van der Waals surface area contributed by atoms with Crippen LogP contribution in [0.15, 0.2) is 23.2 Å². The fourth-order valence-corrected chi connectivity index (χ4v) is 5.43. The summed E-state index contributed by atoms with van der Waals surface area (Å²) in [6.07, 6.45) is 7.03. The van der Waals surface area contributed by atoms with Crippen LogP contribution in [-0.4, -0.2) is 47.2 Å². The van der Waals surface area contributed by atoms with Gasteiger partial charge in [0.2, 0.25) is 5.91 Å². The van der Waals surface area contributed by atoms with Crippen molar-refractivity contribution in [2.75, 3.05) is 19.6 Å². The molecule has 1 saturated heterocycles. The lowest BCUT2D eigenvalue weighted by atomic mass is 9.78. The number of carboxylic acids is 1. The predicted octanol–water partition coefficient (Wildman–Crippen LogP) is 3.86. The number of carboxylic acid groups (broad SMARTS) is 1. The van der Waals surface area contributed by atoms with Crippen molar-refractivity contribution in [3.8, 4) is 0 Å². The van der Waals surface area contributed by atoms with Gasteiger partial charge in [0.1, 0.15) is 0 Å². The van der Waals surface area contributed by atoms with Crippen LogP contribution in [0, 0.1) is 24.7 Å². The number of carbonyl (C=O) groups excluding carboxylic acids is 1. The summed E-state index contributed by atoms with van der Waals surface area (Å²) < 4.78 is 0. The molecule has 1 aliphatic carbocycles. The highest BCUT2D eigenvalue weighted by atomic mass is 16.4. The molecule has 1 saturated carbocycles. The molecule has 4 rings (SSSR count). The van der Waals surface area contributed by atoms with E-state index in [4.69, 9.17) is 4.99 Å². The number of hydrogen-bond donors (Lipinski definition) is 1. The molecule has 156 valence electrons. The van der Waals surface area contributed by atoms with E-state index >= 15 is 0 Å². The highest BCUT2D eigenvalue weighted by Gasteiger charge is 2.36. The number of hydrogen-bond acceptors (Lipinski definition) is 3. The van der Waals surface area contributed by atoms with Crippen LogP contribution in [0.5, 0.6) is 0 Å². The zero-order valence-electron chi connectivity index (χ0n) is 17.4. The Hall–Kier alpha value is -2.17. The first kappa shape index (κ1) is 20.1. The van der Waals surface area contributed by atoms with E-state index in [1.165, 1.54) is 16.7 Å². The lowest BCUT2D eigenvalue weighted by Gasteiger charge is -2.39. The van der Waals surface area contributed by atoms with Gasteiger partial charge in [0.25, 0.3) is 0 Å². The molecule has 2 unspecified atom stereocenters. The molecule has 0 radical (unpaired) electrons. The molecule has 0 spiro atoms. The Morgan fingerprint density at radius 2 is 1.97 bits per heavy atom. The molecule has 0 bridgehead atoms. The van der Waals surface area contributed by atoms with Gasteiger partial charge in [0.15, 0.2) is 0 Å². The van der Waals surface area contributed by atoms with Crippen molar-refractivity contribution < 1.29 is 14.7 Å². The molecule has 0 aromatic heterocycles. The second-order valence-corrected chi connectivity index (χ2v) is 9.12. The fourth-order valence-electron chi connectivity index (χ4n) is 5.43. The van der Waals surface area contributed by atoms with Crippen LogP contribution >= 0.6 is 0 Å². The van der Waals surface area contributed by atoms with Gasteiger partial charge in [-0.1, -0.05) is 30.5 Å². The standard InChI is InChI=1S/C24H32N2O3/c1-16-6-7-17-8-10-25-22(21(17)12-16)13-20-15-26(11-9-19(20)14-23(27)28)24(29)18-4-2-3-5-18/h6-7,12,18-20H,2-5,8-11,13-15H2,1H3,(H,27,28). The van der Waals surface area contributed by atoms with Crippen LogP contribution in [-0.2, 0) is 16.0 Å². The van der Waals surface area contributed by atoms with Crippen molar-refractivity contribution >= 4 is 17.6 Å². The van der Waals surface area contributed by atoms with Crippen molar-refractivity contribution in [1.29, 1.82) is 0 Å². The van der Waals surface area contributed by atoms with Crippen LogP contribution in [0.25, 0.3) is 0 Å². The van der Waals surface area contributed by atoms with Gasteiger partial charge in [-0.15, -0.1) is 0 Å². The van der Waals surface area contributed by atoms with E-state index in [0.717, 1.165) is 57.2 Å². The number of aliphatic imine (C=N–C) groups is 1. The smallest absolute Gasteiger partial charge is 0.303 e. The Labute approximate surface area is 173 Å². The lowest BCUT2D eigenvalue weighted by molar-refractivity contribution is -0.141. The van der Waals surface area contributed by atoms with E-state index in [1.54, 1.807) is 0 Å². The number of aliphatic carboxylic acids is 1. The fraction of sp³-hybridized carbons (Fsp3) is 0.625. The number of fused-ring (bicyclic) bond motifs is 1. The van der Waals surface area contributed by atoms with Gasteiger partial charge in [-0.3, -0.25) is 14.6 Å². The van der Waals surface area contributed by atoms with Gasteiger partial charge in [-0.25, -0.2) is 0 Å². The van der Waals surface area contributed by atoms with Gasteiger partial charge in [-0.05, 0) is 68.1 Å². The largest absolute Gasteiger partial charge is 0.481 e. The maximum Gasteiger partial charge on any atom is 0.303 e. The highest BCUT2D eigenvalue weighted by Crippen LogP contribution is 2.34. The number of carbonyl (C=O) groups is 2. The molecular formula is C24H32N2O3. The summed E-state index contributed by atoms with van der Waals surface area (Å²) in [5, 5.41) is 9.42.